The van der Waals surface area contributed by atoms with E-state index in [4.69, 9.17) is 23.2 Å². The van der Waals surface area contributed by atoms with Crippen molar-refractivity contribution in [2.24, 2.45) is 0 Å². The van der Waals surface area contributed by atoms with Crippen LogP contribution < -0.4 is 15.7 Å². The molecule has 0 bridgehead atoms. The molecular formula is C23H21Cl2N3O4S. The molecule has 3 aromatic rings. The van der Waals surface area contributed by atoms with E-state index in [1.807, 2.05) is 6.07 Å². The van der Waals surface area contributed by atoms with Crippen LogP contribution in [0.25, 0.3) is 0 Å². The third-order valence-electron chi connectivity index (χ3n) is 5.40. The van der Waals surface area contributed by atoms with Crippen molar-refractivity contribution in [2.45, 2.75) is 23.6 Å². The minimum atomic E-state index is -3.62. The summed E-state index contributed by atoms with van der Waals surface area (Å²) in [5.74, 6) is -0.207. The zero-order valence-electron chi connectivity index (χ0n) is 17.4. The normalized spacial score (nSPS) is 15.2. The van der Waals surface area contributed by atoms with Crippen molar-refractivity contribution in [3.05, 3.63) is 92.6 Å². The third kappa shape index (κ3) is 5.48. The van der Waals surface area contributed by atoms with E-state index in [0.717, 1.165) is 5.56 Å². The summed E-state index contributed by atoms with van der Waals surface area (Å²) in [6.07, 6.45) is 0.704. The highest BCUT2D eigenvalue weighted by Gasteiger charge is 2.21. The van der Waals surface area contributed by atoms with Crippen molar-refractivity contribution in [1.29, 1.82) is 0 Å². The van der Waals surface area contributed by atoms with Crippen molar-refractivity contribution < 1.29 is 18.3 Å². The van der Waals surface area contributed by atoms with Gasteiger partial charge in [-0.05, 0) is 41.5 Å². The minimum Gasteiger partial charge on any atom is -0.629 e. The van der Waals surface area contributed by atoms with E-state index in [-0.39, 0.29) is 22.3 Å². The number of anilines is 1. The summed E-state index contributed by atoms with van der Waals surface area (Å²) in [5, 5.41) is 18.1. The molecule has 0 aliphatic carbocycles. The molecule has 3 N–H and O–H groups in total. The van der Waals surface area contributed by atoms with Gasteiger partial charge < -0.3 is 20.9 Å². The Morgan fingerprint density at radius 1 is 1.06 bits per heavy atom. The Morgan fingerprint density at radius 3 is 2.58 bits per heavy atom. The van der Waals surface area contributed by atoms with E-state index in [9.17, 15) is 18.4 Å². The lowest BCUT2D eigenvalue weighted by Gasteiger charge is -2.16. The summed E-state index contributed by atoms with van der Waals surface area (Å²) >= 11 is 12.1. The molecule has 33 heavy (non-hydrogen) atoms. The molecule has 0 spiro atoms. The molecule has 172 valence electrons. The smallest absolute Gasteiger partial charge is 0.319 e. The number of amides is 2. The topological polar surface area (TPSA) is 103 Å². The predicted molar refractivity (Wildman–Crippen MR) is 129 cm³/mol. The second kappa shape index (κ2) is 9.70. The number of rotatable bonds is 6. The van der Waals surface area contributed by atoms with Gasteiger partial charge in [0.05, 0.1) is 27.2 Å². The Bertz CT molecular complexity index is 1300. The van der Waals surface area contributed by atoms with E-state index in [0.29, 0.717) is 45.5 Å². The Balaban J connectivity index is 1.37. The Labute approximate surface area is 201 Å². The van der Waals surface area contributed by atoms with Crippen molar-refractivity contribution >= 4 is 50.4 Å². The van der Waals surface area contributed by atoms with Gasteiger partial charge in [-0.25, -0.2) is 13.2 Å². The second-order valence-electron chi connectivity index (χ2n) is 7.72. The van der Waals surface area contributed by atoms with Gasteiger partial charge >= 0.3 is 6.03 Å². The van der Waals surface area contributed by atoms with Crippen LogP contribution in [-0.2, 0) is 28.6 Å². The fraction of sp³-hybridized carbons (Fsp3) is 0.174. The van der Waals surface area contributed by atoms with Gasteiger partial charge in [-0.2, -0.15) is 0 Å². The standard InChI is InChI=1S/C23H21Cl2N3O4S/c24-20-3-1-2-17(22(20)25)13-26-23(29)27-18-6-8-19(9-7-18)33(31,32)14-15-4-5-16-10-11-28(30)21(16)12-15/h1-9,12,28H,10-11,13-14H2,(H2,26,27,29). The molecule has 1 unspecified atom stereocenters. The number of quaternary nitrogens is 1. The first-order valence-corrected chi connectivity index (χ1v) is 12.6. The van der Waals surface area contributed by atoms with Crippen molar-refractivity contribution in [3.63, 3.8) is 0 Å². The third-order valence-corrected chi connectivity index (χ3v) is 7.96. The zero-order chi connectivity index (χ0) is 23.6. The lowest BCUT2D eigenvalue weighted by Crippen LogP contribution is -3.00. The molecule has 3 aromatic carbocycles. The van der Waals surface area contributed by atoms with Crippen LogP contribution in [0.5, 0.6) is 0 Å². The lowest BCUT2D eigenvalue weighted by molar-refractivity contribution is -0.768. The molecule has 0 saturated heterocycles. The number of sulfone groups is 1. The predicted octanol–water partition coefficient (Wildman–Crippen LogP) is 3.86. The van der Waals surface area contributed by atoms with Gasteiger partial charge in [-0.3, -0.25) is 0 Å². The average Bonchev–Trinajstić information content (AvgIpc) is 3.15. The van der Waals surface area contributed by atoms with Crippen LogP contribution in [0.15, 0.2) is 65.6 Å². The fourth-order valence-corrected chi connectivity index (χ4v) is 5.38. The van der Waals surface area contributed by atoms with Crippen molar-refractivity contribution in [1.82, 2.24) is 5.32 Å². The molecule has 4 rings (SSSR count). The van der Waals surface area contributed by atoms with E-state index < -0.39 is 15.9 Å². The van der Waals surface area contributed by atoms with Crippen molar-refractivity contribution in [3.8, 4) is 0 Å². The van der Waals surface area contributed by atoms with Crippen LogP contribution in [0, 0.1) is 5.21 Å². The minimum absolute atomic E-state index is 0.0515. The molecule has 1 aliphatic rings. The highest BCUT2D eigenvalue weighted by molar-refractivity contribution is 7.90. The van der Waals surface area contributed by atoms with Crippen molar-refractivity contribution in [2.75, 3.05) is 11.9 Å². The van der Waals surface area contributed by atoms with Gasteiger partial charge in [0.25, 0.3) is 0 Å². The molecule has 2 amide bonds. The number of nitrogens with one attached hydrogen (secondary N) is 3. The largest absolute Gasteiger partial charge is 0.629 e. The second-order valence-corrected chi connectivity index (χ2v) is 10.5. The summed E-state index contributed by atoms with van der Waals surface area (Å²) in [7, 11) is -3.62. The maximum absolute atomic E-state index is 12.8. The maximum atomic E-state index is 12.8. The van der Waals surface area contributed by atoms with Gasteiger partial charge in [0.2, 0.25) is 0 Å². The highest BCUT2D eigenvalue weighted by Crippen LogP contribution is 2.26. The summed E-state index contributed by atoms with van der Waals surface area (Å²) in [6, 6.07) is 15.9. The number of hydrogen-bond acceptors (Lipinski definition) is 4. The Hall–Kier alpha value is -2.62. The van der Waals surface area contributed by atoms with Crippen LogP contribution in [0.3, 0.4) is 0 Å². The first-order valence-electron chi connectivity index (χ1n) is 10.2. The Kier molecular flexibility index (Phi) is 6.92. The van der Waals surface area contributed by atoms with Crippen LogP contribution in [0.2, 0.25) is 10.0 Å². The van der Waals surface area contributed by atoms with Gasteiger partial charge in [0.15, 0.2) is 9.84 Å². The molecule has 0 saturated carbocycles. The number of hydroxylamine groups is 1. The fourth-order valence-electron chi connectivity index (χ4n) is 3.66. The van der Waals surface area contributed by atoms with Gasteiger partial charge in [-0.1, -0.05) is 47.5 Å². The van der Waals surface area contributed by atoms with Gasteiger partial charge in [0.1, 0.15) is 5.69 Å². The highest BCUT2D eigenvalue weighted by atomic mass is 35.5. The molecule has 1 aliphatic heterocycles. The number of hydrogen-bond donors (Lipinski definition) is 3. The molecule has 0 aromatic heterocycles. The van der Waals surface area contributed by atoms with Gasteiger partial charge in [-0.15, -0.1) is 0 Å². The molecule has 0 radical (unpaired) electrons. The van der Waals surface area contributed by atoms with Crippen LogP contribution >= 0.6 is 23.2 Å². The zero-order valence-corrected chi connectivity index (χ0v) is 19.7. The maximum Gasteiger partial charge on any atom is 0.319 e. The number of fused-ring (bicyclic) bond motifs is 1. The lowest BCUT2D eigenvalue weighted by atomic mass is 10.1. The van der Waals surface area contributed by atoms with Crippen LogP contribution in [0.4, 0.5) is 16.2 Å². The number of carbonyl (C=O) groups excluding carboxylic acids is 1. The number of urea groups is 1. The van der Waals surface area contributed by atoms with E-state index in [1.165, 1.54) is 24.3 Å². The first kappa shape index (κ1) is 23.5. The quantitative estimate of drug-likeness (QED) is 0.442. The molecule has 7 nitrogen and oxygen atoms in total. The number of carbonyl (C=O) groups is 1. The van der Waals surface area contributed by atoms with E-state index >= 15 is 0 Å². The number of halogens is 2. The molecule has 10 heteroatoms. The SMILES string of the molecule is O=C(NCc1cccc(Cl)c1Cl)Nc1ccc(S(=O)(=O)Cc2ccc3c(c2)[NH+]([O-])CC3)cc1. The average molecular weight is 506 g/mol. The monoisotopic (exact) mass is 505 g/mol. The molecule has 0 fully saturated rings. The molecule has 1 heterocycles. The van der Waals surface area contributed by atoms with Crippen LogP contribution in [-0.4, -0.2) is 21.0 Å². The first-order chi connectivity index (χ1) is 15.7. The van der Waals surface area contributed by atoms with E-state index in [2.05, 4.69) is 10.6 Å². The van der Waals surface area contributed by atoms with Crippen LogP contribution in [0.1, 0.15) is 16.7 Å². The number of benzene rings is 3. The molecule has 1 atom stereocenters. The molecular weight excluding hydrogens is 485 g/mol. The summed E-state index contributed by atoms with van der Waals surface area (Å²) in [5.41, 5.74) is 3.27. The summed E-state index contributed by atoms with van der Waals surface area (Å²) in [4.78, 5) is 12.3. The Morgan fingerprint density at radius 2 is 1.82 bits per heavy atom. The summed E-state index contributed by atoms with van der Waals surface area (Å²) in [6.45, 7) is 0.653. The van der Waals surface area contributed by atoms with Gasteiger partial charge in [0, 0.05) is 30.3 Å². The van der Waals surface area contributed by atoms with E-state index in [1.54, 1.807) is 30.3 Å². The summed E-state index contributed by atoms with van der Waals surface area (Å²) < 4.78 is 25.7.